The van der Waals surface area contributed by atoms with Crippen LogP contribution in [0.15, 0.2) is 16.9 Å². The third-order valence-corrected chi connectivity index (χ3v) is 6.55. The third-order valence-electron chi connectivity index (χ3n) is 5.84. The topological polar surface area (TPSA) is 74.4 Å². The second-order valence-electron chi connectivity index (χ2n) is 8.01. The predicted molar refractivity (Wildman–Crippen MR) is 118 cm³/mol. The Kier molecular flexibility index (Phi) is 6.09. The molecule has 3 heterocycles. The molecule has 0 saturated carbocycles. The van der Waals surface area contributed by atoms with Gasteiger partial charge >= 0.3 is 0 Å². The van der Waals surface area contributed by atoms with Crippen molar-refractivity contribution in [3.63, 3.8) is 0 Å². The van der Waals surface area contributed by atoms with Gasteiger partial charge in [0.15, 0.2) is 0 Å². The number of hydrogen-bond acceptors (Lipinski definition) is 4. The number of rotatable bonds is 4. The maximum Gasteiger partial charge on any atom is 0.256 e. The van der Waals surface area contributed by atoms with Crippen LogP contribution in [0.25, 0.3) is 0 Å². The first-order valence-corrected chi connectivity index (χ1v) is 11.0. The van der Waals surface area contributed by atoms with E-state index in [0.717, 1.165) is 42.8 Å². The number of aromatic amines is 1. The van der Waals surface area contributed by atoms with Gasteiger partial charge in [0.25, 0.3) is 11.5 Å². The number of ether oxygens (including phenoxy) is 1. The molecule has 8 heteroatoms. The van der Waals surface area contributed by atoms with Crippen LogP contribution in [0.3, 0.4) is 0 Å². The molecule has 2 aromatic rings. The first kappa shape index (κ1) is 21.2. The number of hydrogen-bond donors (Lipinski definition) is 2. The summed E-state index contributed by atoms with van der Waals surface area (Å²) in [6, 6.07) is 3.64. The Morgan fingerprint density at radius 2 is 1.90 bits per heavy atom. The van der Waals surface area contributed by atoms with Crippen LogP contribution in [0.4, 0.5) is 0 Å². The van der Waals surface area contributed by atoms with E-state index in [2.05, 4.69) is 10.3 Å². The number of carbonyl (C=O) groups excluding carboxylic acids is 1. The number of aromatic nitrogens is 1. The maximum atomic E-state index is 13.3. The van der Waals surface area contributed by atoms with E-state index in [1.54, 1.807) is 11.0 Å². The molecule has 2 N–H and O–H groups in total. The first-order chi connectivity index (χ1) is 14.3. The SMILES string of the molecule is Cc1cc(C)c(CN2CCc3c(Cl)cc(OC4CCNCC4)c(Cl)c3C2=O)c(=O)[nH]1. The predicted octanol–water partition coefficient (Wildman–Crippen LogP) is 3.63. The van der Waals surface area contributed by atoms with Crippen molar-refractivity contribution in [2.24, 2.45) is 0 Å². The minimum atomic E-state index is -0.224. The first-order valence-electron chi connectivity index (χ1n) is 10.2. The highest BCUT2D eigenvalue weighted by Crippen LogP contribution is 2.40. The van der Waals surface area contributed by atoms with Gasteiger partial charge in [-0.05, 0) is 63.4 Å². The summed E-state index contributed by atoms with van der Waals surface area (Å²) in [5, 5.41) is 4.10. The van der Waals surface area contributed by atoms with E-state index >= 15 is 0 Å². The summed E-state index contributed by atoms with van der Waals surface area (Å²) in [7, 11) is 0. The monoisotopic (exact) mass is 449 g/mol. The zero-order chi connectivity index (χ0) is 21.4. The van der Waals surface area contributed by atoms with Crippen LogP contribution in [0.2, 0.25) is 10.0 Å². The van der Waals surface area contributed by atoms with Gasteiger partial charge < -0.3 is 19.9 Å². The molecule has 0 bridgehead atoms. The van der Waals surface area contributed by atoms with Gasteiger partial charge in [-0.1, -0.05) is 23.2 Å². The van der Waals surface area contributed by atoms with Gasteiger partial charge in [0.05, 0.1) is 17.1 Å². The molecular formula is C22H25Cl2N3O3. The van der Waals surface area contributed by atoms with Crippen molar-refractivity contribution < 1.29 is 9.53 Å². The molecule has 4 rings (SSSR count). The summed E-state index contributed by atoms with van der Waals surface area (Å²) in [5.74, 6) is 0.227. The lowest BCUT2D eigenvalue weighted by atomic mass is 9.97. The van der Waals surface area contributed by atoms with Crippen LogP contribution in [-0.4, -0.2) is 41.5 Å². The highest BCUT2D eigenvalue weighted by molar-refractivity contribution is 6.38. The zero-order valence-electron chi connectivity index (χ0n) is 17.1. The lowest BCUT2D eigenvalue weighted by Gasteiger charge is -2.31. The quantitative estimate of drug-likeness (QED) is 0.746. The molecule has 1 aromatic heterocycles. The third kappa shape index (κ3) is 4.09. The molecule has 1 amide bonds. The van der Waals surface area contributed by atoms with Gasteiger partial charge in [-0.15, -0.1) is 0 Å². The number of amides is 1. The Hall–Kier alpha value is -2.02. The molecule has 0 radical (unpaired) electrons. The summed E-state index contributed by atoms with van der Waals surface area (Å²) < 4.78 is 6.10. The number of piperidine rings is 1. The number of pyridine rings is 1. The van der Waals surface area contributed by atoms with E-state index in [9.17, 15) is 9.59 Å². The van der Waals surface area contributed by atoms with Crippen molar-refractivity contribution >= 4 is 29.1 Å². The molecule has 1 saturated heterocycles. The smallest absolute Gasteiger partial charge is 0.256 e. The maximum absolute atomic E-state index is 13.3. The second kappa shape index (κ2) is 8.61. The molecule has 6 nitrogen and oxygen atoms in total. The number of fused-ring (bicyclic) bond motifs is 1. The standard InChI is InChI=1S/C22H25Cl2N3O3/c1-12-9-13(2)26-21(28)16(12)11-27-8-5-15-17(23)10-18(20(24)19(15)22(27)29)30-14-3-6-25-7-4-14/h9-10,14,25H,3-8,11H2,1-2H3,(H,26,28). The molecular weight excluding hydrogens is 425 g/mol. The van der Waals surface area contributed by atoms with Crippen molar-refractivity contribution in [3.8, 4) is 5.75 Å². The Bertz CT molecular complexity index is 1040. The number of halogens is 2. The molecule has 0 aliphatic carbocycles. The lowest BCUT2D eigenvalue weighted by molar-refractivity contribution is 0.0725. The number of aryl methyl sites for hydroxylation is 2. The normalized spacial score (nSPS) is 17.2. The Balaban J connectivity index is 1.64. The van der Waals surface area contributed by atoms with Crippen molar-refractivity contribution in [3.05, 3.63) is 60.5 Å². The Labute approximate surface area is 185 Å². The number of benzene rings is 1. The van der Waals surface area contributed by atoms with Crippen molar-refractivity contribution in [1.29, 1.82) is 0 Å². The van der Waals surface area contributed by atoms with Gasteiger partial charge in [-0.25, -0.2) is 0 Å². The van der Waals surface area contributed by atoms with Crippen LogP contribution in [0.1, 0.15) is 45.6 Å². The summed E-state index contributed by atoms with van der Waals surface area (Å²) in [6.07, 6.45) is 2.37. The molecule has 30 heavy (non-hydrogen) atoms. The van der Waals surface area contributed by atoms with Gasteiger partial charge in [0, 0.05) is 28.9 Å². The molecule has 2 aliphatic heterocycles. The molecule has 2 aliphatic rings. The van der Waals surface area contributed by atoms with E-state index in [1.807, 2.05) is 19.9 Å². The van der Waals surface area contributed by atoms with Gasteiger partial charge in [-0.3, -0.25) is 9.59 Å². The number of nitrogens with one attached hydrogen (secondary N) is 2. The summed E-state index contributed by atoms with van der Waals surface area (Å²) >= 11 is 13.2. The Morgan fingerprint density at radius 3 is 2.60 bits per heavy atom. The van der Waals surface area contributed by atoms with E-state index < -0.39 is 0 Å². The van der Waals surface area contributed by atoms with Crippen molar-refractivity contribution in [1.82, 2.24) is 15.2 Å². The highest BCUT2D eigenvalue weighted by atomic mass is 35.5. The van der Waals surface area contributed by atoms with Crippen LogP contribution < -0.4 is 15.6 Å². The largest absolute Gasteiger partial charge is 0.489 e. The van der Waals surface area contributed by atoms with Gasteiger partial charge in [0.2, 0.25) is 0 Å². The van der Waals surface area contributed by atoms with Crippen LogP contribution >= 0.6 is 23.2 Å². The average molecular weight is 450 g/mol. The Morgan fingerprint density at radius 1 is 1.17 bits per heavy atom. The minimum absolute atomic E-state index is 0.0430. The summed E-state index contributed by atoms with van der Waals surface area (Å²) in [6.45, 7) is 6.20. The molecule has 1 fully saturated rings. The van der Waals surface area contributed by atoms with Crippen LogP contribution in [0, 0.1) is 13.8 Å². The van der Waals surface area contributed by atoms with Gasteiger partial charge in [0.1, 0.15) is 11.9 Å². The lowest BCUT2D eigenvalue weighted by Crippen LogP contribution is -2.39. The van der Waals surface area contributed by atoms with E-state index in [0.29, 0.717) is 39.9 Å². The van der Waals surface area contributed by atoms with Crippen molar-refractivity contribution in [2.45, 2.75) is 45.8 Å². The minimum Gasteiger partial charge on any atom is -0.489 e. The molecule has 0 spiro atoms. The molecule has 0 unspecified atom stereocenters. The van der Waals surface area contributed by atoms with Crippen LogP contribution in [-0.2, 0) is 13.0 Å². The van der Waals surface area contributed by atoms with Crippen LogP contribution in [0.5, 0.6) is 5.75 Å². The van der Waals surface area contributed by atoms with Gasteiger partial charge in [-0.2, -0.15) is 0 Å². The fourth-order valence-electron chi connectivity index (χ4n) is 4.21. The molecule has 1 aromatic carbocycles. The number of H-pyrrole nitrogens is 1. The summed E-state index contributed by atoms with van der Waals surface area (Å²) in [4.78, 5) is 30.2. The van der Waals surface area contributed by atoms with E-state index in [1.165, 1.54) is 0 Å². The number of nitrogens with zero attached hydrogens (tertiary/aromatic N) is 1. The molecule has 160 valence electrons. The van der Waals surface area contributed by atoms with Crippen molar-refractivity contribution in [2.75, 3.05) is 19.6 Å². The van der Waals surface area contributed by atoms with E-state index in [4.69, 9.17) is 27.9 Å². The number of carbonyl (C=O) groups is 1. The average Bonchev–Trinajstić information content (AvgIpc) is 2.70. The zero-order valence-corrected chi connectivity index (χ0v) is 18.6. The highest BCUT2D eigenvalue weighted by Gasteiger charge is 2.32. The second-order valence-corrected chi connectivity index (χ2v) is 8.80. The fourth-order valence-corrected chi connectivity index (χ4v) is 4.79. The van der Waals surface area contributed by atoms with E-state index in [-0.39, 0.29) is 24.1 Å². The summed E-state index contributed by atoms with van der Waals surface area (Å²) in [5.41, 5.74) is 3.21. The fraction of sp³-hybridized carbons (Fsp3) is 0.455. The molecule has 0 atom stereocenters.